The summed E-state index contributed by atoms with van der Waals surface area (Å²) >= 11 is 0. The quantitative estimate of drug-likeness (QED) is 0.514. The zero-order valence-corrected chi connectivity index (χ0v) is 16.6. The maximum Gasteiger partial charge on any atom is 0.130 e. The largest absolute Gasteiger partial charge is 0.363 e. The monoisotopic (exact) mass is 387 g/mol. The lowest BCUT2D eigenvalue weighted by Crippen LogP contribution is -2.09. The van der Waals surface area contributed by atoms with Gasteiger partial charge in [0.15, 0.2) is 0 Å². The highest BCUT2D eigenvalue weighted by molar-refractivity contribution is 5.64. The topological polar surface area (TPSA) is 55.6 Å². The Morgan fingerprint density at radius 2 is 1.76 bits per heavy atom. The molecule has 2 aromatic heterocycles. The second kappa shape index (κ2) is 7.83. The van der Waals surface area contributed by atoms with Crippen LogP contribution in [0.3, 0.4) is 0 Å². The van der Waals surface area contributed by atoms with Gasteiger partial charge in [-0.25, -0.2) is 14.4 Å². The molecule has 146 valence electrons. The number of rotatable bonds is 5. The standard InChI is InChI=1S/C23H22FN5/c1-15(17-6-4-7-18(10-17)20-13-25-29(3)14-20)26-23-12-22(27-16(2)28-23)19-8-5-9-21(24)11-19/h4-15H,1-3H3,(H,26,27,28)/t15-/m0/s1. The van der Waals surface area contributed by atoms with Gasteiger partial charge in [0.2, 0.25) is 0 Å². The lowest BCUT2D eigenvalue weighted by molar-refractivity contribution is 0.628. The first-order chi connectivity index (χ1) is 14.0. The average Bonchev–Trinajstić information content (AvgIpc) is 3.14. The number of benzene rings is 2. The minimum atomic E-state index is -0.283. The van der Waals surface area contributed by atoms with Crippen LogP contribution in [-0.4, -0.2) is 19.7 Å². The van der Waals surface area contributed by atoms with E-state index in [1.54, 1.807) is 10.7 Å². The van der Waals surface area contributed by atoms with Gasteiger partial charge in [-0.05, 0) is 43.2 Å². The highest BCUT2D eigenvalue weighted by Crippen LogP contribution is 2.26. The lowest BCUT2D eigenvalue weighted by atomic mass is 10.0. The molecule has 2 aromatic carbocycles. The van der Waals surface area contributed by atoms with Crippen molar-refractivity contribution in [3.63, 3.8) is 0 Å². The minimum absolute atomic E-state index is 0.0290. The Hall–Kier alpha value is -3.54. The lowest BCUT2D eigenvalue weighted by Gasteiger charge is -2.17. The molecule has 0 bridgehead atoms. The predicted molar refractivity (Wildman–Crippen MR) is 113 cm³/mol. The van der Waals surface area contributed by atoms with E-state index in [-0.39, 0.29) is 11.9 Å². The van der Waals surface area contributed by atoms with Crippen LogP contribution in [0.2, 0.25) is 0 Å². The Kier molecular flexibility index (Phi) is 5.08. The van der Waals surface area contributed by atoms with Gasteiger partial charge in [0.25, 0.3) is 0 Å². The Labute approximate surface area is 169 Å². The molecule has 0 radical (unpaired) electrons. The zero-order valence-electron chi connectivity index (χ0n) is 16.6. The zero-order chi connectivity index (χ0) is 20.4. The van der Waals surface area contributed by atoms with Crippen molar-refractivity contribution in [2.45, 2.75) is 19.9 Å². The van der Waals surface area contributed by atoms with E-state index in [2.05, 4.69) is 45.5 Å². The fraction of sp³-hybridized carbons (Fsp3) is 0.174. The van der Waals surface area contributed by atoms with Crippen LogP contribution in [0.5, 0.6) is 0 Å². The number of nitrogens with zero attached hydrogens (tertiary/aromatic N) is 4. The molecule has 0 aliphatic heterocycles. The number of halogens is 1. The molecule has 0 fully saturated rings. The van der Waals surface area contributed by atoms with Gasteiger partial charge in [0.05, 0.1) is 11.9 Å². The molecule has 0 aliphatic rings. The number of nitrogens with one attached hydrogen (secondary N) is 1. The van der Waals surface area contributed by atoms with Crippen molar-refractivity contribution in [3.05, 3.63) is 84.2 Å². The molecular weight excluding hydrogens is 365 g/mol. The van der Waals surface area contributed by atoms with Gasteiger partial charge in [-0.1, -0.05) is 30.3 Å². The van der Waals surface area contributed by atoms with E-state index < -0.39 is 0 Å². The predicted octanol–water partition coefficient (Wildman–Crippen LogP) is 5.16. The number of aromatic nitrogens is 4. The van der Waals surface area contributed by atoms with Crippen LogP contribution in [0.4, 0.5) is 10.2 Å². The molecule has 29 heavy (non-hydrogen) atoms. The second-order valence-corrected chi connectivity index (χ2v) is 7.09. The molecule has 0 amide bonds. The second-order valence-electron chi connectivity index (χ2n) is 7.09. The van der Waals surface area contributed by atoms with E-state index in [1.807, 2.05) is 44.6 Å². The molecule has 5 nitrogen and oxygen atoms in total. The molecule has 6 heteroatoms. The molecule has 4 aromatic rings. The summed E-state index contributed by atoms with van der Waals surface area (Å²) in [6.07, 6.45) is 3.85. The Balaban J connectivity index is 1.59. The summed E-state index contributed by atoms with van der Waals surface area (Å²) in [6.45, 7) is 3.92. The van der Waals surface area contributed by atoms with Crippen LogP contribution < -0.4 is 5.32 Å². The van der Waals surface area contributed by atoms with Gasteiger partial charge in [-0.15, -0.1) is 0 Å². The maximum absolute atomic E-state index is 13.6. The highest BCUT2D eigenvalue weighted by Gasteiger charge is 2.11. The molecule has 0 aliphatic carbocycles. The molecule has 0 unspecified atom stereocenters. The van der Waals surface area contributed by atoms with E-state index in [0.717, 1.165) is 22.3 Å². The van der Waals surface area contributed by atoms with Crippen molar-refractivity contribution in [3.8, 4) is 22.4 Å². The molecular formula is C23H22FN5. The normalized spacial score (nSPS) is 12.0. The molecule has 0 spiro atoms. The average molecular weight is 387 g/mol. The first-order valence-corrected chi connectivity index (χ1v) is 9.45. The molecule has 0 saturated heterocycles. The van der Waals surface area contributed by atoms with Crippen LogP contribution in [0.1, 0.15) is 24.4 Å². The SMILES string of the molecule is Cc1nc(N[C@@H](C)c2cccc(-c3cnn(C)c3)c2)cc(-c2cccc(F)c2)n1. The van der Waals surface area contributed by atoms with Crippen molar-refractivity contribution < 1.29 is 4.39 Å². The van der Waals surface area contributed by atoms with Crippen LogP contribution in [0.15, 0.2) is 67.0 Å². The van der Waals surface area contributed by atoms with Gasteiger partial charge < -0.3 is 5.32 Å². The summed E-state index contributed by atoms with van der Waals surface area (Å²) < 4.78 is 15.4. The summed E-state index contributed by atoms with van der Waals surface area (Å²) in [5, 5.41) is 7.69. The smallest absolute Gasteiger partial charge is 0.130 e. The van der Waals surface area contributed by atoms with E-state index in [9.17, 15) is 4.39 Å². The van der Waals surface area contributed by atoms with Gasteiger partial charge in [-0.2, -0.15) is 5.10 Å². The summed E-state index contributed by atoms with van der Waals surface area (Å²) in [5.41, 5.74) is 4.74. The molecule has 1 N–H and O–H groups in total. The van der Waals surface area contributed by atoms with Crippen LogP contribution in [0, 0.1) is 12.7 Å². The molecule has 1 atom stereocenters. The van der Waals surface area contributed by atoms with E-state index in [1.165, 1.54) is 12.1 Å². The third-order valence-electron chi connectivity index (χ3n) is 4.75. The fourth-order valence-electron chi connectivity index (χ4n) is 3.30. The van der Waals surface area contributed by atoms with E-state index in [4.69, 9.17) is 0 Å². The van der Waals surface area contributed by atoms with E-state index in [0.29, 0.717) is 17.3 Å². The van der Waals surface area contributed by atoms with Crippen molar-refractivity contribution in [1.29, 1.82) is 0 Å². The number of hydrogen-bond acceptors (Lipinski definition) is 4. The van der Waals surface area contributed by atoms with Crippen molar-refractivity contribution >= 4 is 5.82 Å². The first-order valence-electron chi connectivity index (χ1n) is 9.45. The van der Waals surface area contributed by atoms with Gasteiger partial charge in [0.1, 0.15) is 17.5 Å². The third kappa shape index (κ3) is 4.32. The van der Waals surface area contributed by atoms with Crippen molar-refractivity contribution in [2.75, 3.05) is 5.32 Å². The Bertz CT molecular complexity index is 1150. The summed E-state index contributed by atoms with van der Waals surface area (Å²) in [5.74, 6) is 1.05. The molecule has 2 heterocycles. The first kappa shape index (κ1) is 18.8. The van der Waals surface area contributed by atoms with E-state index >= 15 is 0 Å². The number of hydrogen-bond donors (Lipinski definition) is 1. The van der Waals surface area contributed by atoms with Crippen molar-refractivity contribution in [2.24, 2.45) is 7.05 Å². The van der Waals surface area contributed by atoms with Crippen LogP contribution >= 0.6 is 0 Å². The van der Waals surface area contributed by atoms with Crippen molar-refractivity contribution in [1.82, 2.24) is 19.7 Å². The molecule has 0 saturated carbocycles. The highest BCUT2D eigenvalue weighted by atomic mass is 19.1. The fourth-order valence-corrected chi connectivity index (χ4v) is 3.30. The third-order valence-corrected chi connectivity index (χ3v) is 4.75. The number of anilines is 1. The Morgan fingerprint density at radius 1 is 0.966 bits per heavy atom. The van der Waals surface area contributed by atoms with Crippen LogP contribution in [0.25, 0.3) is 22.4 Å². The maximum atomic E-state index is 13.6. The minimum Gasteiger partial charge on any atom is -0.363 e. The van der Waals surface area contributed by atoms with Crippen LogP contribution in [-0.2, 0) is 7.05 Å². The number of aryl methyl sites for hydroxylation is 2. The van der Waals surface area contributed by atoms with Gasteiger partial charge in [-0.3, -0.25) is 4.68 Å². The van der Waals surface area contributed by atoms with Gasteiger partial charge in [0, 0.05) is 36.5 Å². The summed E-state index contributed by atoms with van der Waals surface area (Å²) in [4.78, 5) is 8.96. The summed E-state index contributed by atoms with van der Waals surface area (Å²) in [7, 11) is 1.91. The Morgan fingerprint density at radius 3 is 2.52 bits per heavy atom. The van der Waals surface area contributed by atoms with Gasteiger partial charge >= 0.3 is 0 Å². The summed E-state index contributed by atoms with van der Waals surface area (Å²) in [6, 6.07) is 16.7. The molecule has 4 rings (SSSR count).